The number of primary amides is 1. The van der Waals surface area contributed by atoms with Gasteiger partial charge < -0.3 is 15.4 Å². The summed E-state index contributed by atoms with van der Waals surface area (Å²) in [5.41, 5.74) is 8.06. The minimum absolute atomic E-state index is 0.128. The van der Waals surface area contributed by atoms with Gasteiger partial charge in [0.1, 0.15) is 11.9 Å². The second kappa shape index (κ2) is 11.8. The fraction of sp³-hybridized carbons (Fsp3) is 0.259. The summed E-state index contributed by atoms with van der Waals surface area (Å²) in [6.07, 6.45) is 0.741. The quantitative estimate of drug-likeness (QED) is 0.524. The van der Waals surface area contributed by atoms with Crippen LogP contribution in [0.25, 0.3) is 11.1 Å². The molecule has 1 heterocycles. The number of halogens is 1. The lowest BCUT2D eigenvalue weighted by Crippen LogP contribution is -2.43. The monoisotopic (exact) mass is 448 g/mol. The molecule has 2 unspecified atom stereocenters. The lowest BCUT2D eigenvalue weighted by molar-refractivity contribution is -0.118. The van der Waals surface area contributed by atoms with Crippen LogP contribution in [0.2, 0.25) is 0 Å². The standard InChI is InChI=1S/C21H23FN2O3.C6H6/c1-14(24-13-12-19(27-21(24)26)10-11-20(23)25)15-2-4-16(5-3-15)17-6-8-18(22)9-7-17;1-2-4-6-5-3-1/h2-9,14,19H,10-13H2,1H3,(H2,23,25);1-6H. The number of nitrogens with two attached hydrogens (primary N) is 1. The van der Waals surface area contributed by atoms with Crippen LogP contribution in [-0.2, 0) is 9.53 Å². The maximum atomic E-state index is 13.1. The van der Waals surface area contributed by atoms with E-state index in [-0.39, 0.29) is 36.4 Å². The van der Waals surface area contributed by atoms with Gasteiger partial charge in [-0.15, -0.1) is 0 Å². The first-order valence-corrected chi connectivity index (χ1v) is 11.1. The Hall–Kier alpha value is -3.67. The molecule has 0 radical (unpaired) electrons. The molecule has 1 saturated heterocycles. The molecule has 0 saturated carbocycles. The van der Waals surface area contributed by atoms with Gasteiger partial charge in [0.2, 0.25) is 5.91 Å². The molecule has 0 bridgehead atoms. The highest BCUT2D eigenvalue weighted by molar-refractivity contribution is 5.74. The summed E-state index contributed by atoms with van der Waals surface area (Å²) in [6.45, 7) is 2.53. The van der Waals surface area contributed by atoms with Crippen LogP contribution in [0.4, 0.5) is 9.18 Å². The summed E-state index contributed by atoms with van der Waals surface area (Å²) in [4.78, 5) is 24.9. The van der Waals surface area contributed by atoms with Gasteiger partial charge in [-0.3, -0.25) is 4.79 Å². The molecule has 0 aromatic heterocycles. The van der Waals surface area contributed by atoms with Crippen molar-refractivity contribution in [3.05, 3.63) is 96.3 Å². The van der Waals surface area contributed by atoms with Crippen LogP contribution < -0.4 is 5.73 Å². The number of ether oxygens (including phenoxy) is 1. The van der Waals surface area contributed by atoms with Gasteiger partial charge >= 0.3 is 6.09 Å². The Kier molecular flexibility index (Phi) is 8.58. The van der Waals surface area contributed by atoms with E-state index in [4.69, 9.17) is 10.5 Å². The Morgan fingerprint density at radius 3 is 2.00 bits per heavy atom. The molecule has 1 aliphatic heterocycles. The summed E-state index contributed by atoms with van der Waals surface area (Å²) >= 11 is 0. The van der Waals surface area contributed by atoms with Gasteiger partial charge in [-0.05, 0) is 42.2 Å². The molecule has 4 rings (SSSR count). The minimum Gasteiger partial charge on any atom is -0.446 e. The zero-order valence-corrected chi connectivity index (χ0v) is 18.7. The molecule has 33 heavy (non-hydrogen) atoms. The Morgan fingerprint density at radius 1 is 1.00 bits per heavy atom. The van der Waals surface area contributed by atoms with Gasteiger partial charge in [-0.25, -0.2) is 9.18 Å². The number of hydrogen-bond donors (Lipinski definition) is 1. The highest BCUT2D eigenvalue weighted by Crippen LogP contribution is 2.28. The molecule has 172 valence electrons. The maximum Gasteiger partial charge on any atom is 0.410 e. The fourth-order valence-electron chi connectivity index (χ4n) is 3.66. The second-order valence-electron chi connectivity index (χ2n) is 7.95. The van der Waals surface area contributed by atoms with Crippen molar-refractivity contribution in [3.8, 4) is 11.1 Å². The SMILES string of the molecule is CC(c1ccc(-c2ccc(F)cc2)cc1)N1CCC(CCC(N)=O)OC1=O.c1ccccc1. The maximum absolute atomic E-state index is 13.1. The van der Waals surface area contributed by atoms with Crippen molar-refractivity contribution in [3.63, 3.8) is 0 Å². The molecule has 1 fully saturated rings. The largest absolute Gasteiger partial charge is 0.446 e. The van der Waals surface area contributed by atoms with E-state index in [1.54, 1.807) is 17.0 Å². The average molecular weight is 449 g/mol. The molecule has 2 amide bonds. The van der Waals surface area contributed by atoms with E-state index >= 15 is 0 Å². The van der Waals surface area contributed by atoms with Crippen LogP contribution >= 0.6 is 0 Å². The molecule has 6 heteroatoms. The number of benzene rings is 3. The van der Waals surface area contributed by atoms with E-state index in [1.165, 1.54) is 12.1 Å². The van der Waals surface area contributed by atoms with Crippen LogP contribution in [-0.4, -0.2) is 29.5 Å². The normalized spacial score (nSPS) is 16.2. The van der Waals surface area contributed by atoms with E-state index in [1.807, 2.05) is 67.6 Å². The number of carbonyl (C=O) groups is 2. The molecular weight excluding hydrogens is 419 g/mol. The lowest BCUT2D eigenvalue weighted by Gasteiger charge is -2.35. The van der Waals surface area contributed by atoms with Crippen molar-refractivity contribution < 1.29 is 18.7 Å². The third-order valence-electron chi connectivity index (χ3n) is 5.61. The predicted molar refractivity (Wildman–Crippen MR) is 127 cm³/mol. The van der Waals surface area contributed by atoms with Gasteiger partial charge in [0.15, 0.2) is 0 Å². The Labute approximate surface area is 194 Å². The molecule has 0 spiro atoms. The van der Waals surface area contributed by atoms with E-state index in [0.29, 0.717) is 19.4 Å². The minimum atomic E-state index is -0.386. The Morgan fingerprint density at radius 2 is 1.52 bits per heavy atom. The summed E-state index contributed by atoms with van der Waals surface area (Å²) in [6, 6.07) is 26.1. The molecule has 3 aromatic carbocycles. The van der Waals surface area contributed by atoms with Crippen molar-refractivity contribution in [2.24, 2.45) is 5.73 Å². The van der Waals surface area contributed by atoms with E-state index in [0.717, 1.165) is 16.7 Å². The number of cyclic esters (lactones) is 1. The van der Waals surface area contributed by atoms with Crippen LogP contribution in [0.3, 0.4) is 0 Å². The van der Waals surface area contributed by atoms with Gasteiger partial charge in [-0.2, -0.15) is 0 Å². The first-order valence-electron chi connectivity index (χ1n) is 11.1. The van der Waals surface area contributed by atoms with Crippen molar-refractivity contribution in [1.82, 2.24) is 4.90 Å². The third-order valence-corrected chi connectivity index (χ3v) is 5.61. The zero-order valence-electron chi connectivity index (χ0n) is 18.7. The zero-order chi connectivity index (χ0) is 23.6. The van der Waals surface area contributed by atoms with E-state index in [2.05, 4.69) is 0 Å². The third kappa shape index (κ3) is 7.17. The van der Waals surface area contributed by atoms with Crippen molar-refractivity contribution in [2.45, 2.75) is 38.3 Å². The van der Waals surface area contributed by atoms with Gasteiger partial charge in [0, 0.05) is 19.4 Å². The topological polar surface area (TPSA) is 72.6 Å². The summed E-state index contributed by atoms with van der Waals surface area (Å²) in [5.74, 6) is -0.648. The van der Waals surface area contributed by atoms with Gasteiger partial charge in [0.25, 0.3) is 0 Å². The predicted octanol–water partition coefficient (Wildman–Crippen LogP) is 5.72. The molecule has 0 aliphatic carbocycles. The highest BCUT2D eigenvalue weighted by Gasteiger charge is 2.31. The lowest BCUT2D eigenvalue weighted by atomic mass is 10.00. The first kappa shape index (κ1) is 24.0. The van der Waals surface area contributed by atoms with Crippen LogP contribution in [0.15, 0.2) is 84.9 Å². The fourth-order valence-corrected chi connectivity index (χ4v) is 3.66. The Balaban J connectivity index is 0.000000442. The average Bonchev–Trinajstić information content (AvgIpc) is 2.84. The molecule has 2 atom stereocenters. The molecule has 5 nitrogen and oxygen atoms in total. The summed E-state index contributed by atoms with van der Waals surface area (Å²) in [7, 11) is 0. The number of hydrogen-bond acceptors (Lipinski definition) is 3. The van der Waals surface area contributed by atoms with Crippen molar-refractivity contribution in [1.29, 1.82) is 0 Å². The van der Waals surface area contributed by atoms with Crippen LogP contribution in [0.5, 0.6) is 0 Å². The van der Waals surface area contributed by atoms with Crippen molar-refractivity contribution >= 4 is 12.0 Å². The number of nitrogens with zero attached hydrogens (tertiary/aromatic N) is 1. The number of amides is 2. The number of rotatable bonds is 6. The van der Waals surface area contributed by atoms with E-state index in [9.17, 15) is 14.0 Å². The summed E-state index contributed by atoms with van der Waals surface area (Å²) in [5, 5.41) is 0. The van der Waals surface area contributed by atoms with Gasteiger partial charge in [0.05, 0.1) is 6.04 Å². The molecule has 3 aromatic rings. The van der Waals surface area contributed by atoms with E-state index < -0.39 is 0 Å². The van der Waals surface area contributed by atoms with Gasteiger partial charge in [-0.1, -0.05) is 72.8 Å². The second-order valence-corrected chi connectivity index (χ2v) is 7.95. The highest BCUT2D eigenvalue weighted by atomic mass is 19.1. The van der Waals surface area contributed by atoms with Crippen molar-refractivity contribution in [2.75, 3.05) is 6.54 Å². The van der Waals surface area contributed by atoms with Crippen LogP contribution in [0.1, 0.15) is 37.8 Å². The molecule has 1 aliphatic rings. The Bertz CT molecular complexity index is 997. The first-order chi connectivity index (χ1) is 15.9. The van der Waals surface area contributed by atoms with Crippen LogP contribution in [0, 0.1) is 5.82 Å². The molecular formula is C27H29FN2O3. The smallest absolute Gasteiger partial charge is 0.410 e. The number of carbonyl (C=O) groups excluding carboxylic acids is 2. The molecule has 2 N–H and O–H groups in total. The summed E-state index contributed by atoms with van der Waals surface area (Å²) < 4.78 is 18.5.